The fourth-order valence-corrected chi connectivity index (χ4v) is 4.71. The highest BCUT2D eigenvalue weighted by molar-refractivity contribution is 6.10. The molecule has 1 aliphatic heterocycles. The number of carbonyl (C=O) groups excluding carboxylic acids is 2. The molecule has 5 rings (SSSR count). The number of rotatable bonds is 8. The fourth-order valence-electron chi connectivity index (χ4n) is 4.71. The third-order valence-electron chi connectivity index (χ3n) is 6.78. The average Bonchev–Trinajstić information content (AvgIpc) is 3.36. The topological polar surface area (TPSA) is 122 Å². The summed E-state index contributed by atoms with van der Waals surface area (Å²) in [5.74, 6) is -1.13. The number of nitrogens with zero attached hydrogens (tertiary/aromatic N) is 1. The number of benzene rings is 3. The summed E-state index contributed by atoms with van der Waals surface area (Å²) in [4.78, 5) is 30.1. The number of alkyl halides is 3. The molecule has 220 valence electrons. The lowest BCUT2D eigenvalue weighted by molar-refractivity contribution is -0.137. The van der Waals surface area contributed by atoms with Crippen molar-refractivity contribution in [2.45, 2.75) is 6.18 Å². The van der Waals surface area contributed by atoms with Gasteiger partial charge in [0.25, 0.3) is 5.91 Å². The highest BCUT2D eigenvalue weighted by Gasteiger charge is 2.31. The van der Waals surface area contributed by atoms with Crippen molar-refractivity contribution in [2.24, 2.45) is 5.73 Å². The van der Waals surface area contributed by atoms with Gasteiger partial charge in [-0.25, -0.2) is 9.18 Å². The van der Waals surface area contributed by atoms with E-state index < -0.39 is 35.2 Å². The van der Waals surface area contributed by atoms with Gasteiger partial charge in [0.1, 0.15) is 23.9 Å². The number of hydrogen-bond acceptors (Lipinski definition) is 5. The van der Waals surface area contributed by atoms with Crippen molar-refractivity contribution in [1.82, 2.24) is 9.88 Å². The van der Waals surface area contributed by atoms with Gasteiger partial charge in [-0.1, -0.05) is 24.3 Å². The first kappa shape index (κ1) is 28.9. The molecule has 0 radical (unpaired) electrons. The maximum Gasteiger partial charge on any atom is 0.416 e. The number of aromatic amines is 1. The number of urea groups is 1. The van der Waals surface area contributed by atoms with E-state index in [1.54, 1.807) is 18.2 Å². The van der Waals surface area contributed by atoms with Crippen molar-refractivity contribution in [3.63, 3.8) is 0 Å². The van der Waals surface area contributed by atoms with Crippen molar-refractivity contribution < 1.29 is 36.6 Å². The smallest absolute Gasteiger partial charge is 0.416 e. The number of primary amides is 1. The van der Waals surface area contributed by atoms with Crippen LogP contribution in [0.4, 0.5) is 33.7 Å². The maximum absolute atomic E-state index is 14.0. The van der Waals surface area contributed by atoms with Gasteiger partial charge in [0.2, 0.25) is 0 Å². The second-order valence-corrected chi connectivity index (χ2v) is 9.57. The van der Waals surface area contributed by atoms with Crippen LogP contribution in [0.1, 0.15) is 16.1 Å². The van der Waals surface area contributed by atoms with Gasteiger partial charge in [-0.05, 0) is 42.0 Å². The minimum Gasteiger partial charge on any atom is -0.490 e. The normalized spacial score (nSPS) is 14.1. The van der Waals surface area contributed by atoms with E-state index >= 15 is 0 Å². The van der Waals surface area contributed by atoms with Gasteiger partial charge in [-0.3, -0.25) is 9.69 Å². The maximum atomic E-state index is 14.0. The van der Waals surface area contributed by atoms with E-state index in [-0.39, 0.29) is 11.4 Å². The summed E-state index contributed by atoms with van der Waals surface area (Å²) in [6.07, 6.45) is -4.70. The second-order valence-electron chi connectivity index (χ2n) is 9.57. The van der Waals surface area contributed by atoms with Crippen molar-refractivity contribution in [3.05, 3.63) is 77.7 Å². The molecule has 0 atom stereocenters. The van der Waals surface area contributed by atoms with Crippen LogP contribution in [-0.2, 0) is 10.9 Å². The van der Waals surface area contributed by atoms with Crippen molar-refractivity contribution >= 4 is 34.2 Å². The third kappa shape index (κ3) is 6.47. The molecular formula is C29H27F4N5O4. The summed E-state index contributed by atoms with van der Waals surface area (Å²) in [7, 11) is 0. The monoisotopic (exact) mass is 585 g/mol. The second kappa shape index (κ2) is 12.1. The van der Waals surface area contributed by atoms with Crippen LogP contribution in [0.3, 0.4) is 0 Å². The van der Waals surface area contributed by atoms with Gasteiger partial charge < -0.3 is 30.8 Å². The lowest BCUT2D eigenvalue weighted by Crippen LogP contribution is -2.38. The predicted molar refractivity (Wildman–Crippen MR) is 149 cm³/mol. The Hall–Kier alpha value is -4.62. The van der Waals surface area contributed by atoms with Crippen molar-refractivity contribution in [2.75, 3.05) is 50.1 Å². The van der Waals surface area contributed by atoms with Crippen molar-refractivity contribution in [3.8, 4) is 16.9 Å². The minimum absolute atomic E-state index is 0.174. The first-order chi connectivity index (χ1) is 20.1. The summed E-state index contributed by atoms with van der Waals surface area (Å²) >= 11 is 0. The largest absolute Gasteiger partial charge is 0.490 e. The van der Waals surface area contributed by atoms with E-state index in [2.05, 4.69) is 20.5 Å². The molecule has 13 heteroatoms. The molecule has 1 aromatic heterocycles. The number of hydrogen-bond donors (Lipinski definition) is 4. The number of H-pyrrole nitrogens is 1. The van der Waals surface area contributed by atoms with E-state index in [1.165, 1.54) is 12.1 Å². The number of aromatic nitrogens is 1. The van der Waals surface area contributed by atoms with Crippen LogP contribution in [0.5, 0.6) is 5.75 Å². The van der Waals surface area contributed by atoms with Crippen LogP contribution in [0.25, 0.3) is 22.0 Å². The number of carbonyl (C=O) groups is 2. The molecule has 1 aliphatic rings. The van der Waals surface area contributed by atoms with E-state index in [4.69, 9.17) is 15.2 Å². The summed E-state index contributed by atoms with van der Waals surface area (Å²) in [5, 5.41) is 5.24. The number of amides is 3. The SMILES string of the molecule is NC(=O)c1[nH]c2c(OCCN3CCOCC3)cccc2c1-c1ccc(NC(=O)Nc2cc(C(F)(F)F)ccc2F)cc1. The molecule has 3 aromatic carbocycles. The van der Waals surface area contributed by atoms with Crippen LogP contribution in [0, 0.1) is 5.82 Å². The zero-order chi connectivity index (χ0) is 29.9. The Morgan fingerprint density at radius 3 is 2.45 bits per heavy atom. The molecule has 9 nitrogen and oxygen atoms in total. The van der Waals surface area contributed by atoms with Gasteiger partial charge in [0.05, 0.1) is 30.0 Å². The Morgan fingerprint density at radius 2 is 1.76 bits per heavy atom. The molecule has 0 aliphatic carbocycles. The Morgan fingerprint density at radius 1 is 1.02 bits per heavy atom. The zero-order valence-corrected chi connectivity index (χ0v) is 22.2. The molecule has 3 amide bonds. The molecule has 5 N–H and O–H groups in total. The molecule has 42 heavy (non-hydrogen) atoms. The van der Waals surface area contributed by atoms with Gasteiger partial charge >= 0.3 is 12.2 Å². The zero-order valence-electron chi connectivity index (χ0n) is 22.2. The summed E-state index contributed by atoms with van der Waals surface area (Å²) in [6.45, 7) is 4.20. The lowest BCUT2D eigenvalue weighted by Gasteiger charge is -2.26. The van der Waals surface area contributed by atoms with Gasteiger partial charge in [-0.15, -0.1) is 0 Å². The third-order valence-corrected chi connectivity index (χ3v) is 6.78. The van der Waals surface area contributed by atoms with E-state index in [1.807, 2.05) is 12.1 Å². The molecule has 0 unspecified atom stereocenters. The number of nitrogens with two attached hydrogens (primary N) is 1. The number of halogens is 4. The number of fused-ring (bicyclic) bond motifs is 1. The highest BCUT2D eigenvalue weighted by atomic mass is 19.4. The number of nitrogens with one attached hydrogen (secondary N) is 3. The van der Waals surface area contributed by atoms with Crippen LogP contribution in [-0.4, -0.2) is 61.3 Å². The highest BCUT2D eigenvalue weighted by Crippen LogP contribution is 2.37. The summed E-state index contributed by atoms with van der Waals surface area (Å²) in [5.41, 5.74) is 6.17. The number of anilines is 2. The van der Waals surface area contributed by atoms with Crippen LogP contribution < -0.4 is 21.1 Å². The predicted octanol–water partition coefficient (Wildman–Crippen LogP) is 5.45. The van der Waals surface area contributed by atoms with Crippen LogP contribution in [0.15, 0.2) is 60.7 Å². The van der Waals surface area contributed by atoms with E-state index in [0.717, 1.165) is 19.6 Å². The Bertz CT molecular complexity index is 1600. The molecule has 1 saturated heterocycles. The van der Waals surface area contributed by atoms with Crippen molar-refractivity contribution in [1.29, 1.82) is 0 Å². The lowest BCUT2D eigenvalue weighted by atomic mass is 10.0. The molecule has 2 heterocycles. The molecular weight excluding hydrogens is 558 g/mol. The van der Waals surface area contributed by atoms with E-state index in [9.17, 15) is 27.2 Å². The first-order valence-electron chi connectivity index (χ1n) is 13.0. The van der Waals surface area contributed by atoms with E-state index in [0.29, 0.717) is 65.8 Å². The Kier molecular flexibility index (Phi) is 8.31. The molecule has 0 saturated carbocycles. The van der Waals surface area contributed by atoms with Crippen LogP contribution in [0.2, 0.25) is 0 Å². The Balaban J connectivity index is 1.32. The fraction of sp³-hybridized carbons (Fsp3) is 0.241. The van der Waals surface area contributed by atoms with Gasteiger partial charge in [-0.2, -0.15) is 13.2 Å². The summed E-state index contributed by atoms with van der Waals surface area (Å²) < 4.78 is 64.3. The quantitative estimate of drug-likeness (QED) is 0.205. The molecule has 0 bridgehead atoms. The molecule has 4 aromatic rings. The number of para-hydroxylation sites is 1. The minimum atomic E-state index is -4.70. The first-order valence-corrected chi connectivity index (χ1v) is 13.0. The summed E-state index contributed by atoms with van der Waals surface area (Å²) in [6, 6.07) is 12.6. The van der Waals surface area contributed by atoms with Gasteiger partial charge in [0.15, 0.2) is 0 Å². The average molecular weight is 586 g/mol. The number of morpholine rings is 1. The standard InChI is InChI=1S/C29H27F4N5O4/c30-21-9-6-18(29(31,32)33)16-22(21)36-28(40)35-19-7-4-17(5-8-19)24-20-2-1-3-23(25(20)37-26(24)27(34)39)42-15-12-38-10-13-41-14-11-38/h1-9,16,37H,10-15H2,(H2,34,39)(H2,35,36,40). The van der Waals surface area contributed by atoms with Gasteiger partial charge in [0, 0.05) is 36.3 Å². The molecule has 1 fully saturated rings. The molecule has 0 spiro atoms. The number of ether oxygens (including phenoxy) is 2. The van der Waals surface area contributed by atoms with Crippen LogP contribution >= 0.6 is 0 Å². The Labute approximate surface area is 237 Å².